The van der Waals surface area contributed by atoms with Crippen LogP contribution >= 0.6 is 0 Å². The van der Waals surface area contributed by atoms with Gasteiger partial charge in [-0.1, -0.05) is 18.2 Å². The summed E-state index contributed by atoms with van der Waals surface area (Å²) in [6.07, 6.45) is 4.06. The SMILES string of the molecule is COC(CF)CN(CCCCc1ccc2c(n1)NCCC2)CCC(NC(=O)c1ccccc1F)C(=O)O. The first-order valence-electron chi connectivity index (χ1n) is 12.7. The molecular formula is C27H36F2N4O4. The number of carboxylic acid groups (broad SMARTS) is 1. The monoisotopic (exact) mass is 518 g/mol. The minimum Gasteiger partial charge on any atom is -0.480 e. The fraction of sp³-hybridized carbons (Fsp3) is 0.519. The smallest absolute Gasteiger partial charge is 0.326 e. The number of aromatic nitrogens is 1. The number of methoxy groups -OCH3 is 1. The highest BCUT2D eigenvalue weighted by molar-refractivity contribution is 5.96. The van der Waals surface area contributed by atoms with E-state index in [-0.39, 0.29) is 12.0 Å². The minimum absolute atomic E-state index is 0.0797. The summed E-state index contributed by atoms with van der Waals surface area (Å²) < 4.78 is 32.5. The predicted molar refractivity (Wildman–Crippen MR) is 137 cm³/mol. The number of nitrogens with zero attached hydrogens (tertiary/aromatic N) is 2. The molecule has 0 bridgehead atoms. The van der Waals surface area contributed by atoms with Gasteiger partial charge >= 0.3 is 5.97 Å². The largest absolute Gasteiger partial charge is 0.480 e. The molecule has 37 heavy (non-hydrogen) atoms. The Kier molecular flexibility index (Phi) is 11.2. The molecular weight excluding hydrogens is 482 g/mol. The van der Waals surface area contributed by atoms with Crippen LogP contribution in [0.1, 0.15) is 47.3 Å². The van der Waals surface area contributed by atoms with Crippen molar-refractivity contribution in [3.63, 3.8) is 0 Å². The average molecular weight is 519 g/mol. The number of unbranched alkanes of at least 4 members (excludes halogenated alkanes) is 1. The third-order valence-corrected chi connectivity index (χ3v) is 6.53. The summed E-state index contributed by atoms with van der Waals surface area (Å²) >= 11 is 0. The normalized spacial score (nSPS) is 14.5. The highest BCUT2D eigenvalue weighted by atomic mass is 19.1. The summed E-state index contributed by atoms with van der Waals surface area (Å²) in [4.78, 5) is 30.9. The van der Waals surface area contributed by atoms with Gasteiger partial charge in [0, 0.05) is 32.4 Å². The predicted octanol–water partition coefficient (Wildman–Crippen LogP) is 3.46. The first-order chi connectivity index (χ1) is 17.9. The van der Waals surface area contributed by atoms with E-state index >= 15 is 0 Å². The van der Waals surface area contributed by atoms with Crippen LogP contribution in [0.15, 0.2) is 36.4 Å². The number of ether oxygens (including phenoxy) is 1. The number of carbonyl (C=O) groups excluding carboxylic acids is 1. The van der Waals surface area contributed by atoms with E-state index in [4.69, 9.17) is 9.72 Å². The molecule has 2 aromatic rings. The second-order valence-corrected chi connectivity index (χ2v) is 9.24. The molecule has 1 aliphatic rings. The number of hydrogen-bond acceptors (Lipinski definition) is 6. The zero-order chi connectivity index (χ0) is 26.6. The van der Waals surface area contributed by atoms with Crippen molar-refractivity contribution >= 4 is 17.7 Å². The topological polar surface area (TPSA) is 104 Å². The summed E-state index contributed by atoms with van der Waals surface area (Å²) in [6.45, 7) is 1.48. The van der Waals surface area contributed by atoms with Crippen LogP contribution in [0.4, 0.5) is 14.6 Å². The van der Waals surface area contributed by atoms with E-state index in [1.54, 1.807) is 0 Å². The number of pyridine rings is 1. The molecule has 2 atom stereocenters. The van der Waals surface area contributed by atoms with Crippen LogP contribution in [0.5, 0.6) is 0 Å². The molecule has 3 rings (SSSR count). The Morgan fingerprint density at radius 2 is 2.03 bits per heavy atom. The third-order valence-electron chi connectivity index (χ3n) is 6.53. The average Bonchev–Trinajstić information content (AvgIpc) is 2.91. The second kappa shape index (κ2) is 14.6. The number of rotatable bonds is 15. The number of benzene rings is 1. The van der Waals surface area contributed by atoms with E-state index in [0.29, 0.717) is 19.6 Å². The molecule has 1 aliphatic heterocycles. The molecule has 0 saturated carbocycles. The summed E-state index contributed by atoms with van der Waals surface area (Å²) in [5.41, 5.74) is 2.04. The molecule has 1 amide bonds. The van der Waals surface area contributed by atoms with Crippen molar-refractivity contribution in [2.75, 3.05) is 45.3 Å². The van der Waals surface area contributed by atoms with Gasteiger partial charge in [0.05, 0.1) is 11.7 Å². The van der Waals surface area contributed by atoms with E-state index in [9.17, 15) is 23.5 Å². The molecule has 0 radical (unpaired) electrons. The summed E-state index contributed by atoms with van der Waals surface area (Å²) in [7, 11) is 1.44. The Morgan fingerprint density at radius 3 is 2.76 bits per heavy atom. The van der Waals surface area contributed by atoms with Crippen LogP contribution < -0.4 is 10.6 Å². The molecule has 1 aromatic heterocycles. The van der Waals surface area contributed by atoms with Crippen molar-refractivity contribution in [3.8, 4) is 0 Å². The summed E-state index contributed by atoms with van der Waals surface area (Å²) in [6, 6.07) is 8.37. The number of carbonyl (C=O) groups is 2. The van der Waals surface area contributed by atoms with Gasteiger partial charge in [-0.25, -0.2) is 18.6 Å². The Hall–Kier alpha value is -3.11. The number of alkyl halides is 1. The summed E-state index contributed by atoms with van der Waals surface area (Å²) in [5, 5.41) is 15.4. The molecule has 0 spiro atoms. The highest BCUT2D eigenvalue weighted by Crippen LogP contribution is 2.20. The van der Waals surface area contributed by atoms with Crippen molar-refractivity contribution in [1.29, 1.82) is 0 Å². The van der Waals surface area contributed by atoms with Crippen LogP contribution in [0.2, 0.25) is 0 Å². The van der Waals surface area contributed by atoms with Crippen molar-refractivity contribution in [2.45, 2.75) is 50.7 Å². The fourth-order valence-electron chi connectivity index (χ4n) is 4.37. The maximum absolute atomic E-state index is 13.9. The van der Waals surface area contributed by atoms with Gasteiger partial charge in [0.1, 0.15) is 24.4 Å². The third kappa shape index (κ3) is 8.75. The van der Waals surface area contributed by atoms with Crippen molar-refractivity contribution in [2.24, 2.45) is 0 Å². The van der Waals surface area contributed by atoms with Crippen molar-refractivity contribution in [3.05, 3.63) is 59.0 Å². The van der Waals surface area contributed by atoms with E-state index < -0.39 is 36.5 Å². The molecule has 10 heteroatoms. The molecule has 2 heterocycles. The van der Waals surface area contributed by atoms with E-state index in [2.05, 4.69) is 22.8 Å². The van der Waals surface area contributed by atoms with Crippen LogP contribution in [0.25, 0.3) is 0 Å². The molecule has 0 saturated heterocycles. The summed E-state index contributed by atoms with van der Waals surface area (Å²) in [5.74, 6) is -1.76. The molecule has 8 nitrogen and oxygen atoms in total. The number of aryl methyl sites for hydroxylation is 2. The van der Waals surface area contributed by atoms with Crippen LogP contribution in [0, 0.1) is 5.82 Å². The molecule has 0 fully saturated rings. The quantitative estimate of drug-likeness (QED) is 0.310. The maximum atomic E-state index is 13.9. The van der Waals surface area contributed by atoms with Gasteiger partial charge < -0.3 is 25.4 Å². The van der Waals surface area contributed by atoms with Crippen LogP contribution in [-0.2, 0) is 22.4 Å². The molecule has 202 valence electrons. The van der Waals surface area contributed by atoms with Gasteiger partial charge in [0.15, 0.2) is 0 Å². The first-order valence-corrected chi connectivity index (χ1v) is 12.7. The fourth-order valence-corrected chi connectivity index (χ4v) is 4.37. The standard InChI is InChI=1S/C27H36F2N4O4/c1-37-21(17-28)18-33(15-5-4-8-20-12-11-19-7-6-14-30-25(19)31-20)16-13-24(27(35)36)32-26(34)22-9-2-3-10-23(22)29/h2-3,9-12,21,24H,4-8,13-18H2,1H3,(H,30,31)(H,32,34)(H,35,36). The lowest BCUT2D eigenvalue weighted by molar-refractivity contribution is -0.139. The van der Waals surface area contributed by atoms with Gasteiger partial charge in [-0.05, 0) is 68.8 Å². The van der Waals surface area contributed by atoms with Gasteiger partial charge in [0.2, 0.25) is 0 Å². The number of fused-ring (bicyclic) bond motifs is 1. The second-order valence-electron chi connectivity index (χ2n) is 9.24. The number of nitrogens with one attached hydrogen (secondary N) is 2. The number of aliphatic carboxylic acids is 1. The zero-order valence-corrected chi connectivity index (χ0v) is 21.2. The van der Waals surface area contributed by atoms with Gasteiger partial charge in [-0.2, -0.15) is 0 Å². The van der Waals surface area contributed by atoms with Crippen molar-refractivity contribution in [1.82, 2.24) is 15.2 Å². The van der Waals surface area contributed by atoms with Crippen molar-refractivity contribution < 1.29 is 28.2 Å². The highest BCUT2D eigenvalue weighted by Gasteiger charge is 2.24. The van der Waals surface area contributed by atoms with E-state index in [1.165, 1.54) is 30.9 Å². The number of amides is 1. The minimum atomic E-state index is -1.22. The lowest BCUT2D eigenvalue weighted by Crippen LogP contribution is -2.44. The van der Waals surface area contributed by atoms with E-state index in [1.807, 2.05) is 4.90 Å². The lowest BCUT2D eigenvalue weighted by Gasteiger charge is -2.27. The Balaban J connectivity index is 1.54. The Labute approximate surface area is 216 Å². The van der Waals surface area contributed by atoms with Crippen LogP contribution in [-0.4, -0.2) is 79.0 Å². The molecule has 2 unspecified atom stereocenters. The first kappa shape index (κ1) is 28.5. The van der Waals surface area contributed by atoms with Gasteiger partial charge in [-0.3, -0.25) is 4.79 Å². The Bertz CT molecular complexity index is 1040. The molecule has 1 aromatic carbocycles. The Morgan fingerprint density at radius 1 is 1.22 bits per heavy atom. The zero-order valence-electron chi connectivity index (χ0n) is 21.2. The molecule has 3 N–H and O–H groups in total. The molecule has 0 aliphatic carbocycles. The van der Waals surface area contributed by atoms with E-state index in [0.717, 1.165) is 56.2 Å². The maximum Gasteiger partial charge on any atom is 0.326 e. The lowest BCUT2D eigenvalue weighted by atomic mass is 10.1. The van der Waals surface area contributed by atoms with Crippen LogP contribution in [0.3, 0.4) is 0 Å². The number of halogens is 2. The van der Waals surface area contributed by atoms with Gasteiger partial charge in [-0.15, -0.1) is 0 Å². The van der Waals surface area contributed by atoms with Gasteiger partial charge in [0.25, 0.3) is 5.91 Å². The number of anilines is 1. The number of hydrogen-bond donors (Lipinski definition) is 3. The number of carboxylic acids is 1.